The number of hydrogen-bond acceptors (Lipinski definition) is 4. The van der Waals surface area contributed by atoms with Gasteiger partial charge in [-0.05, 0) is 50.5 Å². The Labute approximate surface area is 197 Å². The average molecular weight is 533 g/mol. The van der Waals surface area contributed by atoms with Crippen LogP contribution in [0.1, 0.15) is 44.2 Å². The number of morpholine rings is 1. The molecule has 2 aliphatic rings. The van der Waals surface area contributed by atoms with Crippen molar-refractivity contribution >= 4 is 41.7 Å². The number of nitrogens with one attached hydrogen (secondary N) is 2. The van der Waals surface area contributed by atoms with Gasteiger partial charge in [0.05, 0.1) is 19.3 Å². The Hall–Kier alpha value is -0.510. The Balaban J connectivity index is 0.00000300. The van der Waals surface area contributed by atoms with Gasteiger partial charge in [-0.2, -0.15) is 11.8 Å². The van der Waals surface area contributed by atoms with Gasteiger partial charge in [0.1, 0.15) is 0 Å². The Bertz CT molecular complexity index is 645. The van der Waals surface area contributed by atoms with Crippen molar-refractivity contribution in [1.82, 2.24) is 15.5 Å². The second-order valence-corrected chi connectivity index (χ2v) is 9.08. The highest BCUT2D eigenvalue weighted by atomic mass is 127. The standard InChI is InChI=1S/C22H36N4OS.HI/c1-4-23-22(25-20-8-9-21(13-20)28-3)24-14-18-6-5-7-19(12-18)16-26-10-11-27-17(2)15-26;/h5-7,12,17,20-21H,4,8-11,13-16H2,1-3H3,(H2,23,24,25);1H. The lowest BCUT2D eigenvalue weighted by Gasteiger charge is -2.31. The van der Waals surface area contributed by atoms with Gasteiger partial charge in [0.15, 0.2) is 5.96 Å². The lowest BCUT2D eigenvalue weighted by atomic mass is 10.1. The van der Waals surface area contributed by atoms with E-state index in [2.05, 4.69) is 59.9 Å². The number of rotatable bonds is 7. The lowest BCUT2D eigenvalue weighted by molar-refractivity contribution is -0.0212. The molecule has 5 nitrogen and oxygen atoms in total. The molecule has 0 spiro atoms. The molecule has 2 N–H and O–H groups in total. The summed E-state index contributed by atoms with van der Waals surface area (Å²) in [5.74, 6) is 0.946. The molecule has 29 heavy (non-hydrogen) atoms. The number of hydrogen-bond donors (Lipinski definition) is 2. The Kier molecular flexibility index (Phi) is 11.1. The summed E-state index contributed by atoms with van der Waals surface area (Å²) in [7, 11) is 0. The molecule has 1 aliphatic carbocycles. The van der Waals surface area contributed by atoms with Crippen molar-refractivity contribution in [3.05, 3.63) is 35.4 Å². The van der Waals surface area contributed by atoms with Crippen LogP contribution in [0.4, 0.5) is 0 Å². The molecule has 0 radical (unpaired) electrons. The van der Waals surface area contributed by atoms with Crippen LogP contribution in [-0.4, -0.2) is 60.8 Å². The predicted molar refractivity (Wildman–Crippen MR) is 135 cm³/mol. The normalized spacial score (nSPS) is 25.5. The number of guanidine groups is 1. The maximum Gasteiger partial charge on any atom is 0.191 e. The third-order valence-corrected chi connectivity index (χ3v) is 6.64. The minimum absolute atomic E-state index is 0. The first-order chi connectivity index (χ1) is 13.7. The van der Waals surface area contributed by atoms with Crippen LogP contribution in [-0.2, 0) is 17.8 Å². The highest BCUT2D eigenvalue weighted by Crippen LogP contribution is 2.28. The Morgan fingerprint density at radius 1 is 1.31 bits per heavy atom. The summed E-state index contributed by atoms with van der Waals surface area (Å²) in [6.07, 6.45) is 6.33. The van der Waals surface area contributed by atoms with E-state index in [1.54, 1.807) is 0 Å². The summed E-state index contributed by atoms with van der Waals surface area (Å²) < 4.78 is 5.65. The van der Waals surface area contributed by atoms with Crippen LogP contribution in [0.25, 0.3) is 0 Å². The van der Waals surface area contributed by atoms with Crippen LogP contribution in [0.5, 0.6) is 0 Å². The van der Waals surface area contributed by atoms with E-state index in [9.17, 15) is 0 Å². The molecule has 0 amide bonds. The van der Waals surface area contributed by atoms with Crippen molar-refractivity contribution in [3.8, 4) is 0 Å². The first-order valence-electron chi connectivity index (χ1n) is 10.7. The molecule has 1 aromatic rings. The molecule has 0 aromatic heterocycles. The summed E-state index contributed by atoms with van der Waals surface area (Å²) >= 11 is 1.99. The zero-order chi connectivity index (χ0) is 19.8. The zero-order valence-corrected chi connectivity index (χ0v) is 21.2. The van der Waals surface area contributed by atoms with Gasteiger partial charge in [0.2, 0.25) is 0 Å². The van der Waals surface area contributed by atoms with E-state index < -0.39 is 0 Å². The minimum atomic E-state index is 0. The summed E-state index contributed by atoms with van der Waals surface area (Å²) in [5, 5.41) is 7.84. The molecule has 1 heterocycles. The topological polar surface area (TPSA) is 48.9 Å². The van der Waals surface area contributed by atoms with Crippen LogP contribution in [0, 0.1) is 0 Å². The number of nitrogens with zero attached hydrogens (tertiary/aromatic N) is 2. The van der Waals surface area contributed by atoms with Crippen LogP contribution < -0.4 is 10.6 Å². The molecule has 3 atom stereocenters. The maximum absolute atomic E-state index is 5.65. The first-order valence-corrected chi connectivity index (χ1v) is 11.9. The largest absolute Gasteiger partial charge is 0.376 e. The number of benzene rings is 1. The number of halogens is 1. The molecule has 3 rings (SSSR count). The molecule has 7 heteroatoms. The maximum atomic E-state index is 5.65. The van der Waals surface area contributed by atoms with Crippen LogP contribution in [0.15, 0.2) is 29.3 Å². The van der Waals surface area contributed by atoms with Crippen LogP contribution in [0.2, 0.25) is 0 Å². The van der Waals surface area contributed by atoms with Gasteiger partial charge < -0.3 is 15.4 Å². The van der Waals surface area contributed by atoms with Gasteiger partial charge >= 0.3 is 0 Å². The van der Waals surface area contributed by atoms with Gasteiger partial charge in [-0.1, -0.05) is 24.3 Å². The lowest BCUT2D eigenvalue weighted by Crippen LogP contribution is -2.42. The van der Waals surface area contributed by atoms with E-state index in [-0.39, 0.29) is 24.0 Å². The molecular formula is C22H37IN4OS. The minimum Gasteiger partial charge on any atom is -0.376 e. The fourth-order valence-electron chi connectivity index (χ4n) is 4.09. The van der Waals surface area contributed by atoms with Crippen molar-refractivity contribution in [2.45, 2.75) is 63.6 Å². The average Bonchev–Trinajstić information content (AvgIpc) is 3.14. The van der Waals surface area contributed by atoms with Gasteiger partial charge in [-0.25, -0.2) is 4.99 Å². The molecule has 1 aliphatic heterocycles. The molecule has 164 valence electrons. The smallest absolute Gasteiger partial charge is 0.191 e. The fourth-order valence-corrected chi connectivity index (χ4v) is 4.88. The van der Waals surface area contributed by atoms with Crippen LogP contribution >= 0.6 is 35.7 Å². The summed E-state index contributed by atoms with van der Waals surface area (Å²) in [6, 6.07) is 9.40. The third kappa shape index (κ3) is 8.26. The second kappa shape index (κ2) is 13.0. The van der Waals surface area contributed by atoms with Crippen molar-refractivity contribution in [3.63, 3.8) is 0 Å². The van der Waals surface area contributed by atoms with E-state index in [4.69, 9.17) is 9.73 Å². The van der Waals surface area contributed by atoms with Crippen molar-refractivity contribution in [2.24, 2.45) is 4.99 Å². The van der Waals surface area contributed by atoms with Gasteiger partial charge in [0.25, 0.3) is 0 Å². The van der Waals surface area contributed by atoms with E-state index in [1.165, 1.54) is 30.4 Å². The summed E-state index contributed by atoms with van der Waals surface area (Å²) in [5.41, 5.74) is 2.63. The van der Waals surface area contributed by atoms with Crippen LogP contribution in [0.3, 0.4) is 0 Å². The van der Waals surface area contributed by atoms with E-state index in [0.717, 1.165) is 44.0 Å². The Morgan fingerprint density at radius 2 is 2.14 bits per heavy atom. The molecule has 0 bridgehead atoms. The zero-order valence-electron chi connectivity index (χ0n) is 18.0. The highest BCUT2D eigenvalue weighted by molar-refractivity contribution is 14.0. The second-order valence-electron chi connectivity index (χ2n) is 7.94. The summed E-state index contributed by atoms with van der Waals surface area (Å²) in [6.45, 7) is 9.72. The van der Waals surface area contributed by atoms with Gasteiger partial charge in [0, 0.05) is 37.5 Å². The van der Waals surface area contributed by atoms with Crippen molar-refractivity contribution in [2.75, 3.05) is 32.5 Å². The van der Waals surface area contributed by atoms with E-state index in [0.29, 0.717) is 18.7 Å². The summed E-state index contributed by atoms with van der Waals surface area (Å²) in [4.78, 5) is 7.33. The molecular weight excluding hydrogens is 495 g/mol. The molecule has 2 fully saturated rings. The monoisotopic (exact) mass is 532 g/mol. The highest BCUT2D eigenvalue weighted by Gasteiger charge is 2.24. The number of aliphatic imine (C=N–C) groups is 1. The fraction of sp³-hybridized carbons (Fsp3) is 0.682. The van der Waals surface area contributed by atoms with Crippen molar-refractivity contribution < 1.29 is 4.74 Å². The SMILES string of the molecule is CCNC(=NCc1cccc(CN2CCOC(C)C2)c1)NC1CCC(SC)C1.I. The van der Waals surface area contributed by atoms with Gasteiger partial charge in [-0.15, -0.1) is 24.0 Å². The number of ether oxygens (including phenoxy) is 1. The molecule has 3 unspecified atom stereocenters. The predicted octanol–water partition coefficient (Wildman–Crippen LogP) is 3.86. The quantitative estimate of drug-likeness (QED) is 0.317. The number of thioether (sulfide) groups is 1. The van der Waals surface area contributed by atoms with E-state index >= 15 is 0 Å². The molecule has 1 saturated heterocycles. The Morgan fingerprint density at radius 3 is 2.86 bits per heavy atom. The van der Waals surface area contributed by atoms with Crippen molar-refractivity contribution in [1.29, 1.82) is 0 Å². The first kappa shape index (κ1) is 24.8. The van der Waals surface area contributed by atoms with Gasteiger partial charge in [-0.3, -0.25) is 4.90 Å². The van der Waals surface area contributed by atoms with E-state index in [1.807, 2.05) is 11.8 Å². The third-order valence-electron chi connectivity index (χ3n) is 5.55. The molecule has 1 aromatic carbocycles. The molecule has 1 saturated carbocycles.